The fraction of sp³-hybridized carbons (Fsp3) is 0.647. The van der Waals surface area contributed by atoms with E-state index >= 15 is 0 Å². The fourth-order valence-corrected chi connectivity index (χ4v) is 3.30. The average molecular weight is 289 g/mol. The van der Waals surface area contributed by atoms with E-state index in [1.165, 1.54) is 31.7 Å². The summed E-state index contributed by atoms with van der Waals surface area (Å²) in [5.74, 6) is 0.968. The van der Waals surface area contributed by atoms with Gasteiger partial charge in [-0.2, -0.15) is 0 Å². The molecule has 2 fully saturated rings. The second kappa shape index (κ2) is 6.77. The van der Waals surface area contributed by atoms with Crippen molar-refractivity contribution in [1.29, 1.82) is 0 Å². The lowest BCUT2D eigenvalue weighted by Crippen LogP contribution is -2.62. The molecular weight excluding hydrogens is 262 g/mol. The first-order valence-corrected chi connectivity index (χ1v) is 8.19. The number of hydrogen-bond donors (Lipinski definition) is 1. The fourth-order valence-electron chi connectivity index (χ4n) is 3.30. The van der Waals surface area contributed by atoms with Crippen molar-refractivity contribution < 1.29 is 4.74 Å². The first kappa shape index (κ1) is 14.8. The molecule has 2 aliphatic heterocycles. The van der Waals surface area contributed by atoms with E-state index in [0.29, 0.717) is 6.04 Å². The molecule has 0 spiro atoms. The number of hydrogen-bond acceptors (Lipinski definition) is 4. The third kappa shape index (κ3) is 3.39. The molecule has 2 aliphatic rings. The SMILES string of the molecule is CCOc1ccc(C(C)N2CC(N3CCNCC3)C2)cc1. The highest BCUT2D eigenvalue weighted by molar-refractivity contribution is 5.29. The second-order valence-electron chi connectivity index (χ2n) is 6.07. The van der Waals surface area contributed by atoms with Crippen molar-refractivity contribution in [3.63, 3.8) is 0 Å². The summed E-state index contributed by atoms with van der Waals surface area (Å²) < 4.78 is 5.51. The van der Waals surface area contributed by atoms with E-state index in [2.05, 4.69) is 46.3 Å². The zero-order valence-corrected chi connectivity index (χ0v) is 13.2. The van der Waals surface area contributed by atoms with E-state index in [1.807, 2.05) is 6.92 Å². The van der Waals surface area contributed by atoms with E-state index in [-0.39, 0.29) is 0 Å². The van der Waals surface area contributed by atoms with E-state index in [1.54, 1.807) is 0 Å². The van der Waals surface area contributed by atoms with E-state index in [9.17, 15) is 0 Å². The Labute approximate surface area is 128 Å². The standard InChI is InChI=1S/C17H27N3O/c1-3-21-17-6-4-15(5-7-17)14(2)20-12-16(13-20)19-10-8-18-9-11-19/h4-7,14,16,18H,3,8-13H2,1-2H3. The number of ether oxygens (including phenoxy) is 1. The first-order valence-electron chi connectivity index (χ1n) is 8.19. The molecule has 0 amide bonds. The topological polar surface area (TPSA) is 27.7 Å². The zero-order chi connectivity index (χ0) is 14.7. The van der Waals surface area contributed by atoms with Crippen LogP contribution in [0.4, 0.5) is 0 Å². The highest BCUT2D eigenvalue weighted by atomic mass is 16.5. The maximum atomic E-state index is 5.51. The minimum atomic E-state index is 0.500. The van der Waals surface area contributed by atoms with Gasteiger partial charge in [0.15, 0.2) is 0 Å². The van der Waals surface area contributed by atoms with Gasteiger partial charge in [0.1, 0.15) is 5.75 Å². The summed E-state index contributed by atoms with van der Waals surface area (Å²) in [5.41, 5.74) is 1.39. The average Bonchev–Trinajstić information content (AvgIpc) is 2.48. The van der Waals surface area contributed by atoms with Gasteiger partial charge < -0.3 is 10.1 Å². The Morgan fingerprint density at radius 3 is 2.48 bits per heavy atom. The Morgan fingerprint density at radius 2 is 1.86 bits per heavy atom. The molecule has 21 heavy (non-hydrogen) atoms. The van der Waals surface area contributed by atoms with Crippen LogP contribution in [0.2, 0.25) is 0 Å². The van der Waals surface area contributed by atoms with Crippen LogP contribution in [0.15, 0.2) is 24.3 Å². The van der Waals surface area contributed by atoms with Crippen molar-refractivity contribution >= 4 is 0 Å². The quantitative estimate of drug-likeness (QED) is 0.893. The van der Waals surface area contributed by atoms with Crippen molar-refractivity contribution in [2.24, 2.45) is 0 Å². The number of rotatable bonds is 5. The number of nitrogens with one attached hydrogen (secondary N) is 1. The lowest BCUT2D eigenvalue weighted by atomic mass is 9.99. The normalized spacial score (nSPS) is 22.8. The van der Waals surface area contributed by atoms with Gasteiger partial charge in [-0.3, -0.25) is 9.80 Å². The predicted octanol–water partition coefficient (Wildman–Crippen LogP) is 1.74. The smallest absolute Gasteiger partial charge is 0.119 e. The molecule has 1 aromatic carbocycles. The second-order valence-corrected chi connectivity index (χ2v) is 6.07. The van der Waals surface area contributed by atoms with Crippen LogP contribution in [-0.4, -0.2) is 61.7 Å². The number of benzene rings is 1. The van der Waals surface area contributed by atoms with Crippen LogP contribution in [0.25, 0.3) is 0 Å². The van der Waals surface area contributed by atoms with Crippen LogP contribution in [0.5, 0.6) is 5.75 Å². The van der Waals surface area contributed by atoms with Gasteiger partial charge >= 0.3 is 0 Å². The summed E-state index contributed by atoms with van der Waals surface area (Å²) in [6.07, 6.45) is 0. The van der Waals surface area contributed by atoms with Crippen LogP contribution < -0.4 is 10.1 Å². The molecule has 0 aliphatic carbocycles. The van der Waals surface area contributed by atoms with Gasteiger partial charge in [0.05, 0.1) is 6.61 Å². The molecule has 1 N–H and O–H groups in total. The number of likely N-dealkylation sites (tertiary alicyclic amines) is 1. The molecule has 1 unspecified atom stereocenters. The Hall–Kier alpha value is -1.10. The maximum Gasteiger partial charge on any atom is 0.119 e. The minimum absolute atomic E-state index is 0.500. The Balaban J connectivity index is 1.51. The van der Waals surface area contributed by atoms with Crippen LogP contribution >= 0.6 is 0 Å². The van der Waals surface area contributed by atoms with Crippen molar-refractivity contribution in [3.8, 4) is 5.75 Å². The summed E-state index contributed by atoms with van der Waals surface area (Å²) in [5, 5.41) is 3.43. The number of piperazine rings is 1. The lowest BCUT2D eigenvalue weighted by Gasteiger charge is -2.49. The predicted molar refractivity (Wildman–Crippen MR) is 85.8 cm³/mol. The molecule has 0 saturated carbocycles. The van der Waals surface area contributed by atoms with Gasteiger partial charge in [-0.25, -0.2) is 0 Å². The molecule has 3 rings (SSSR count). The third-order valence-electron chi connectivity index (χ3n) is 4.78. The molecule has 0 aromatic heterocycles. The zero-order valence-electron chi connectivity index (χ0n) is 13.2. The van der Waals surface area contributed by atoms with E-state index < -0.39 is 0 Å². The van der Waals surface area contributed by atoms with Gasteiger partial charge in [0, 0.05) is 51.4 Å². The largest absolute Gasteiger partial charge is 0.494 e. The van der Waals surface area contributed by atoms with Crippen LogP contribution in [0, 0.1) is 0 Å². The molecule has 4 nitrogen and oxygen atoms in total. The summed E-state index contributed by atoms with van der Waals surface area (Å²) in [7, 11) is 0. The molecule has 1 atom stereocenters. The van der Waals surface area contributed by atoms with Crippen LogP contribution in [0.1, 0.15) is 25.5 Å². The molecule has 0 radical (unpaired) electrons. The first-order chi connectivity index (χ1) is 10.3. The Kier molecular flexibility index (Phi) is 4.78. The maximum absolute atomic E-state index is 5.51. The molecule has 4 heteroatoms. The Morgan fingerprint density at radius 1 is 1.19 bits per heavy atom. The molecule has 2 heterocycles. The van der Waals surface area contributed by atoms with Gasteiger partial charge in [-0.1, -0.05) is 12.1 Å². The van der Waals surface area contributed by atoms with Gasteiger partial charge in [0.2, 0.25) is 0 Å². The number of nitrogens with zero attached hydrogens (tertiary/aromatic N) is 2. The summed E-state index contributed by atoms with van der Waals surface area (Å²) in [6, 6.07) is 9.84. The van der Waals surface area contributed by atoms with Gasteiger partial charge in [-0.05, 0) is 31.5 Å². The van der Waals surface area contributed by atoms with Gasteiger partial charge in [-0.15, -0.1) is 0 Å². The molecule has 2 saturated heterocycles. The minimum Gasteiger partial charge on any atom is -0.494 e. The Bertz CT molecular complexity index is 436. The van der Waals surface area contributed by atoms with Crippen LogP contribution in [-0.2, 0) is 0 Å². The van der Waals surface area contributed by atoms with E-state index in [4.69, 9.17) is 4.74 Å². The third-order valence-corrected chi connectivity index (χ3v) is 4.78. The lowest BCUT2D eigenvalue weighted by molar-refractivity contribution is 0.00346. The van der Waals surface area contributed by atoms with Crippen molar-refractivity contribution in [1.82, 2.24) is 15.1 Å². The molecule has 116 valence electrons. The molecular formula is C17H27N3O. The highest BCUT2D eigenvalue weighted by Crippen LogP contribution is 2.28. The van der Waals surface area contributed by atoms with Crippen molar-refractivity contribution in [2.75, 3.05) is 45.9 Å². The highest BCUT2D eigenvalue weighted by Gasteiger charge is 2.34. The summed E-state index contributed by atoms with van der Waals surface area (Å²) in [4.78, 5) is 5.21. The monoisotopic (exact) mass is 289 g/mol. The summed E-state index contributed by atoms with van der Waals surface area (Å²) in [6.45, 7) is 12.2. The molecule has 0 bridgehead atoms. The molecule has 1 aromatic rings. The summed E-state index contributed by atoms with van der Waals surface area (Å²) >= 11 is 0. The van der Waals surface area contributed by atoms with E-state index in [0.717, 1.165) is 31.5 Å². The van der Waals surface area contributed by atoms with Crippen molar-refractivity contribution in [3.05, 3.63) is 29.8 Å². The van der Waals surface area contributed by atoms with Gasteiger partial charge in [0.25, 0.3) is 0 Å². The van der Waals surface area contributed by atoms with Crippen LogP contribution in [0.3, 0.4) is 0 Å². The van der Waals surface area contributed by atoms with Crippen molar-refractivity contribution in [2.45, 2.75) is 25.9 Å².